The van der Waals surface area contributed by atoms with E-state index in [1.54, 1.807) is 17.4 Å². The van der Waals surface area contributed by atoms with Crippen LogP contribution in [0.4, 0.5) is 4.79 Å². The van der Waals surface area contributed by atoms with Gasteiger partial charge in [-0.05, 0) is 69.2 Å². The third-order valence-electron chi connectivity index (χ3n) is 5.40. The first kappa shape index (κ1) is 23.2. The lowest BCUT2D eigenvalue weighted by atomic mass is 10.1. The predicted octanol–water partition coefficient (Wildman–Crippen LogP) is 2.68. The topological polar surface area (TPSA) is 76.7 Å². The summed E-state index contributed by atoms with van der Waals surface area (Å²) in [5.74, 6) is -0.0995. The molecule has 8 heteroatoms. The molecule has 3 N–H and O–H groups in total. The number of benzene rings is 1. The van der Waals surface area contributed by atoms with Crippen molar-refractivity contribution >= 4 is 23.3 Å². The van der Waals surface area contributed by atoms with Crippen LogP contribution in [0.5, 0.6) is 0 Å². The van der Waals surface area contributed by atoms with Crippen LogP contribution in [0.1, 0.15) is 39.7 Å². The molecule has 7 nitrogen and oxygen atoms in total. The summed E-state index contributed by atoms with van der Waals surface area (Å²) < 4.78 is 0. The zero-order chi connectivity index (χ0) is 22.1. The van der Waals surface area contributed by atoms with Crippen LogP contribution in [0.3, 0.4) is 0 Å². The number of likely N-dealkylation sites (tertiary alicyclic amines) is 1. The first-order valence-electron chi connectivity index (χ1n) is 10.8. The van der Waals surface area contributed by atoms with Gasteiger partial charge in [0, 0.05) is 36.6 Å². The molecular formula is C23H33N5O2S. The van der Waals surface area contributed by atoms with Gasteiger partial charge in [0.25, 0.3) is 5.91 Å². The van der Waals surface area contributed by atoms with E-state index in [2.05, 4.69) is 38.4 Å². The monoisotopic (exact) mass is 443 g/mol. The molecule has 1 aromatic carbocycles. The number of hydrogen-bond acceptors (Lipinski definition) is 5. The largest absolute Gasteiger partial charge is 0.351 e. The highest BCUT2D eigenvalue weighted by atomic mass is 32.1. The summed E-state index contributed by atoms with van der Waals surface area (Å²) in [6.07, 6.45) is 2.43. The summed E-state index contributed by atoms with van der Waals surface area (Å²) in [6.45, 7) is 4.50. The second kappa shape index (κ2) is 11.8. The van der Waals surface area contributed by atoms with E-state index in [4.69, 9.17) is 0 Å². The number of amides is 3. The summed E-state index contributed by atoms with van der Waals surface area (Å²) in [5.41, 5.74) is 1.50. The normalized spacial score (nSPS) is 15.1. The molecule has 1 fully saturated rings. The fraction of sp³-hybridized carbons (Fsp3) is 0.478. The van der Waals surface area contributed by atoms with Gasteiger partial charge >= 0.3 is 6.03 Å². The number of nitrogens with zero attached hydrogens (tertiary/aromatic N) is 2. The number of likely N-dealkylation sites (N-methyl/N-ethyl adjacent to an activating group) is 1. The van der Waals surface area contributed by atoms with Gasteiger partial charge in [-0.3, -0.25) is 9.69 Å². The number of urea groups is 1. The molecule has 1 aromatic heterocycles. The number of nitrogens with one attached hydrogen (secondary N) is 3. The molecular weight excluding hydrogens is 410 g/mol. The second-order valence-corrected chi connectivity index (χ2v) is 9.08. The Morgan fingerprint density at radius 1 is 1.10 bits per heavy atom. The Kier molecular flexibility index (Phi) is 8.87. The minimum atomic E-state index is -0.193. The Balaban J connectivity index is 1.47. The maximum Gasteiger partial charge on any atom is 0.315 e. The zero-order valence-electron chi connectivity index (χ0n) is 18.4. The minimum absolute atomic E-state index is 0.0995. The number of thiophene rings is 1. The Morgan fingerprint density at radius 3 is 2.61 bits per heavy atom. The molecule has 0 bridgehead atoms. The second-order valence-electron chi connectivity index (χ2n) is 8.10. The molecule has 1 aliphatic heterocycles. The van der Waals surface area contributed by atoms with E-state index in [0.29, 0.717) is 25.2 Å². The third kappa shape index (κ3) is 7.34. The van der Waals surface area contributed by atoms with Crippen LogP contribution >= 0.6 is 11.3 Å². The molecule has 3 amide bonds. The van der Waals surface area contributed by atoms with Gasteiger partial charge in [-0.1, -0.05) is 18.2 Å². The van der Waals surface area contributed by atoms with Gasteiger partial charge in [-0.15, -0.1) is 11.3 Å². The number of rotatable bonds is 10. The van der Waals surface area contributed by atoms with Crippen molar-refractivity contribution in [3.8, 4) is 0 Å². The van der Waals surface area contributed by atoms with E-state index >= 15 is 0 Å². The van der Waals surface area contributed by atoms with Crippen molar-refractivity contribution in [1.29, 1.82) is 0 Å². The molecule has 1 unspecified atom stereocenters. The van der Waals surface area contributed by atoms with Crippen molar-refractivity contribution in [2.75, 3.05) is 46.8 Å². The molecule has 0 aliphatic carbocycles. The highest BCUT2D eigenvalue weighted by molar-refractivity contribution is 7.10. The van der Waals surface area contributed by atoms with E-state index in [1.807, 2.05) is 37.2 Å². The highest BCUT2D eigenvalue weighted by Gasteiger charge is 2.24. The Morgan fingerprint density at radius 2 is 1.90 bits per heavy atom. The van der Waals surface area contributed by atoms with Crippen molar-refractivity contribution in [3.05, 3.63) is 57.8 Å². The lowest BCUT2D eigenvalue weighted by Gasteiger charge is -2.27. The van der Waals surface area contributed by atoms with Gasteiger partial charge in [0.15, 0.2) is 0 Å². The lowest BCUT2D eigenvalue weighted by molar-refractivity contribution is 0.0951. The molecule has 0 radical (unpaired) electrons. The summed E-state index contributed by atoms with van der Waals surface area (Å²) >= 11 is 1.74. The highest BCUT2D eigenvalue weighted by Crippen LogP contribution is 2.27. The molecule has 31 heavy (non-hydrogen) atoms. The van der Waals surface area contributed by atoms with Gasteiger partial charge < -0.3 is 20.9 Å². The first-order valence-corrected chi connectivity index (χ1v) is 11.7. The zero-order valence-corrected chi connectivity index (χ0v) is 19.2. The van der Waals surface area contributed by atoms with Gasteiger partial charge in [0.2, 0.25) is 0 Å². The van der Waals surface area contributed by atoms with Gasteiger partial charge in [-0.2, -0.15) is 0 Å². The lowest BCUT2D eigenvalue weighted by Crippen LogP contribution is -2.41. The van der Waals surface area contributed by atoms with Crippen molar-refractivity contribution in [1.82, 2.24) is 25.8 Å². The summed E-state index contributed by atoms with van der Waals surface area (Å²) in [4.78, 5) is 30.5. The average Bonchev–Trinajstić information content (AvgIpc) is 3.47. The molecule has 3 rings (SSSR count). The third-order valence-corrected chi connectivity index (χ3v) is 6.37. The van der Waals surface area contributed by atoms with E-state index in [0.717, 1.165) is 25.2 Å². The Hall–Kier alpha value is -2.42. The smallest absolute Gasteiger partial charge is 0.315 e. The molecule has 1 atom stereocenters. The summed E-state index contributed by atoms with van der Waals surface area (Å²) in [7, 11) is 3.94. The summed E-state index contributed by atoms with van der Waals surface area (Å²) in [5, 5.41) is 10.9. The Bertz CT molecular complexity index is 834. The number of carbonyl (C=O) groups is 2. The van der Waals surface area contributed by atoms with Crippen LogP contribution < -0.4 is 16.0 Å². The van der Waals surface area contributed by atoms with E-state index < -0.39 is 0 Å². The first-order chi connectivity index (χ1) is 15.0. The van der Waals surface area contributed by atoms with Crippen LogP contribution in [0, 0.1) is 0 Å². The van der Waals surface area contributed by atoms with E-state index in [9.17, 15) is 9.59 Å². The summed E-state index contributed by atoms with van der Waals surface area (Å²) in [6, 6.07) is 11.6. The molecule has 2 heterocycles. The molecule has 168 valence electrons. The van der Waals surface area contributed by atoms with Crippen LogP contribution in [0.2, 0.25) is 0 Å². The van der Waals surface area contributed by atoms with Crippen LogP contribution in [0.25, 0.3) is 0 Å². The van der Waals surface area contributed by atoms with Crippen molar-refractivity contribution < 1.29 is 9.59 Å². The number of hydrogen-bond donors (Lipinski definition) is 3. The molecule has 0 saturated carbocycles. The van der Waals surface area contributed by atoms with E-state index in [-0.39, 0.29) is 18.0 Å². The standard InChI is InChI=1S/C23H33N5O2S/c1-27(2)13-10-24-22(29)19-8-5-7-18(15-19)16-25-23(30)26-17-20(21-9-6-14-31-21)28-11-3-4-12-28/h5-9,14-15,20H,3-4,10-13,16-17H2,1-2H3,(H,24,29)(H2,25,26,30). The van der Waals surface area contributed by atoms with Crippen LogP contribution in [0.15, 0.2) is 41.8 Å². The van der Waals surface area contributed by atoms with Gasteiger partial charge in [0.05, 0.1) is 6.04 Å². The number of carbonyl (C=O) groups excluding carboxylic acids is 2. The SMILES string of the molecule is CN(C)CCNC(=O)c1cccc(CNC(=O)NCC(c2cccs2)N2CCCC2)c1. The maximum absolute atomic E-state index is 12.4. The molecule has 1 saturated heterocycles. The molecule has 2 aromatic rings. The minimum Gasteiger partial charge on any atom is -0.351 e. The van der Waals surface area contributed by atoms with Crippen molar-refractivity contribution in [3.63, 3.8) is 0 Å². The van der Waals surface area contributed by atoms with Crippen LogP contribution in [-0.4, -0.2) is 68.6 Å². The quantitative estimate of drug-likeness (QED) is 0.528. The van der Waals surface area contributed by atoms with Crippen molar-refractivity contribution in [2.24, 2.45) is 0 Å². The Labute approximate surface area is 188 Å². The molecule has 0 spiro atoms. The average molecular weight is 444 g/mol. The molecule has 1 aliphatic rings. The van der Waals surface area contributed by atoms with Gasteiger partial charge in [0.1, 0.15) is 0 Å². The fourth-order valence-electron chi connectivity index (χ4n) is 3.70. The predicted molar refractivity (Wildman–Crippen MR) is 125 cm³/mol. The van der Waals surface area contributed by atoms with E-state index in [1.165, 1.54) is 17.7 Å². The van der Waals surface area contributed by atoms with Crippen LogP contribution in [-0.2, 0) is 6.54 Å². The van der Waals surface area contributed by atoms with Gasteiger partial charge in [-0.25, -0.2) is 4.79 Å². The van der Waals surface area contributed by atoms with Crippen molar-refractivity contribution in [2.45, 2.75) is 25.4 Å². The maximum atomic E-state index is 12.4. The fourth-order valence-corrected chi connectivity index (χ4v) is 4.56.